The second-order valence-corrected chi connectivity index (χ2v) is 5.77. The Kier molecular flexibility index (Phi) is 7.69. The van der Waals surface area contributed by atoms with E-state index in [4.69, 9.17) is 23.2 Å². The number of carbonyl (C=O) groups excluding carboxylic acids is 2. The average Bonchev–Trinajstić information content (AvgIpc) is 2.48. The van der Waals surface area contributed by atoms with Crippen molar-refractivity contribution in [3.63, 3.8) is 0 Å². The standard InChI is InChI=1S/C16H22Cl2N2O2/c1-4-14(16(22)19-6-3)20(15(21)5-2)10-11-7-8-12(17)9-13(11)18/h7-9,14H,4-6,10H2,1-3H3,(H,19,22)/t14-/m1/s1. The van der Waals surface area contributed by atoms with Gasteiger partial charge in [0.25, 0.3) is 0 Å². The summed E-state index contributed by atoms with van der Waals surface area (Å²) in [4.78, 5) is 26.1. The third-order valence-corrected chi connectivity index (χ3v) is 3.98. The van der Waals surface area contributed by atoms with Gasteiger partial charge in [-0.1, -0.05) is 43.1 Å². The van der Waals surface area contributed by atoms with Crippen molar-refractivity contribution in [3.8, 4) is 0 Å². The van der Waals surface area contributed by atoms with Crippen LogP contribution in [0.25, 0.3) is 0 Å². The van der Waals surface area contributed by atoms with Crippen molar-refractivity contribution in [1.29, 1.82) is 0 Å². The Morgan fingerprint density at radius 1 is 1.23 bits per heavy atom. The van der Waals surface area contributed by atoms with E-state index >= 15 is 0 Å². The molecule has 1 aromatic carbocycles. The number of nitrogens with one attached hydrogen (secondary N) is 1. The van der Waals surface area contributed by atoms with Crippen LogP contribution >= 0.6 is 23.2 Å². The van der Waals surface area contributed by atoms with Gasteiger partial charge in [-0.05, 0) is 31.0 Å². The number of benzene rings is 1. The van der Waals surface area contributed by atoms with Crippen molar-refractivity contribution in [1.82, 2.24) is 10.2 Å². The van der Waals surface area contributed by atoms with E-state index in [1.54, 1.807) is 30.0 Å². The summed E-state index contributed by atoms with van der Waals surface area (Å²) in [6.07, 6.45) is 0.879. The first kappa shape index (κ1) is 18.8. The lowest BCUT2D eigenvalue weighted by atomic mass is 10.1. The summed E-state index contributed by atoms with van der Waals surface area (Å²) in [6.45, 7) is 6.35. The molecule has 0 aliphatic rings. The largest absolute Gasteiger partial charge is 0.355 e. The van der Waals surface area contributed by atoms with Gasteiger partial charge in [0.15, 0.2) is 0 Å². The molecule has 0 saturated carbocycles. The number of hydrogen-bond donors (Lipinski definition) is 1. The van der Waals surface area contributed by atoms with Gasteiger partial charge in [-0.3, -0.25) is 9.59 Å². The lowest BCUT2D eigenvalue weighted by molar-refractivity contribution is -0.141. The van der Waals surface area contributed by atoms with Crippen LogP contribution in [0, 0.1) is 0 Å². The van der Waals surface area contributed by atoms with Crippen molar-refractivity contribution in [2.75, 3.05) is 6.54 Å². The number of likely N-dealkylation sites (N-methyl/N-ethyl adjacent to an activating group) is 1. The van der Waals surface area contributed by atoms with Gasteiger partial charge in [0, 0.05) is 29.6 Å². The predicted molar refractivity (Wildman–Crippen MR) is 90.1 cm³/mol. The molecule has 1 N–H and O–H groups in total. The van der Waals surface area contributed by atoms with Crippen LogP contribution in [0.15, 0.2) is 18.2 Å². The van der Waals surface area contributed by atoms with E-state index in [1.165, 1.54) is 0 Å². The first-order chi connectivity index (χ1) is 10.4. The Balaban J connectivity index is 3.06. The lowest BCUT2D eigenvalue weighted by Crippen LogP contribution is -2.48. The van der Waals surface area contributed by atoms with Gasteiger partial charge in [0.05, 0.1) is 0 Å². The average molecular weight is 345 g/mol. The fourth-order valence-electron chi connectivity index (χ4n) is 2.25. The molecule has 0 aliphatic heterocycles. The van der Waals surface area contributed by atoms with E-state index < -0.39 is 6.04 Å². The Morgan fingerprint density at radius 3 is 2.41 bits per heavy atom. The van der Waals surface area contributed by atoms with Crippen LogP contribution in [0.1, 0.15) is 39.2 Å². The number of nitrogens with zero attached hydrogens (tertiary/aromatic N) is 1. The molecule has 0 fully saturated rings. The van der Waals surface area contributed by atoms with Crippen LogP contribution < -0.4 is 5.32 Å². The minimum absolute atomic E-state index is 0.0795. The van der Waals surface area contributed by atoms with Crippen molar-refractivity contribution >= 4 is 35.0 Å². The predicted octanol–water partition coefficient (Wildman–Crippen LogP) is 3.65. The molecule has 0 heterocycles. The van der Waals surface area contributed by atoms with E-state index in [9.17, 15) is 9.59 Å². The summed E-state index contributed by atoms with van der Waals surface area (Å²) < 4.78 is 0. The van der Waals surface area contributed by atoms with E-state index in [-0.39, 0.29) is 18.4 Å². The van der Waals surface area contributed by atoms with Crippen LogP contribution in [0.4, 0.5) is 0 Å². The highest BCUT2D eigenvalue weighted by molar-refractivity contribution is 6.35. The fraction of sp³-hybridized carbons (Fsp3) is 0.500. The Morgan fingerprint density at radius 2 is 1.91 bits per heavy atom. The molecule has 4 nitrogen and oxygen atoms in total. The third-order valence-electron chi connectivity index (χ3n) is 3.40. The molecular formula is C16H22Cl2N2O2. The van der Waals surface area contributed by atoms with E-state index in [0.29, 0.717) is 29.4 Å². The number of amides is 2. The van der Waals surface area contributed by atoms with E-state index in [0.717, 1.165) is 5.56 Å². The molecule has 0 unspecified atom stereocenters. The normalized spacial score (nSPS) is 11.9. The van der Waals surface area contributed by atoms with Gasteiger partial charge < -0.3 is 10.2 Å². The summed E-state index contributed by atoms with van der Waals surface area (Å²) in [5.41, 5.74) is 0.774. The summed E-state index contributed by atoms with van der Waals surface area (Å²) in [5.74, 6) is -0.221. The summed E-state index contributed by atoms with van der Waals surface area (Å²) in [6, 6.07) is 4.65. The molecule has 1 aromatic rings. The maximum absolute atomic E-state index is 12.3. The molecule has 6 heteroatoms. The Bertz CT molecular complexity index is 535. The number of hydrogen-bond acceptors (Lipinski definition) is 2. The number of carbonyl (C=O) groups is 2. The highest BCUT2D eigenvalue weighted by atomic mass is 35.5. The zero-order valence-corrected chi connectivity index (χ0v) is 14.7. The zero-order chi connectivity index (χ0) is 16.7. The molecular weight excluding hydrogens is 323 g/mol. The van der Waals surface area contributed by atoms with Crippen LogP contribution in [0.5, 0.6) is 0 Å². The van der Waals surface area contributed by atoms with Gasteiger partial charge in [-0.15, -0.1) is 0 Å². The highest BCUT2D eigenvalue weighted by Crippen LogP contribution is 2.23. The highest BCUT2D eigenvalue weighted by Gasteiger charge is 2.27. The van der Waals surface area contributed by atoms with E-state index in [1.807, 2.05) is 13.8 Å². The summed E-state index contributed by atoms with van der Waals surface area (Å²) in [5, 5.41) is 3.81. The topological polar surface area (TPSA) is 49.4 Å². The minimum atomic E-state index is -0.501. The Hall–Kier alpha value is -1.26. The molecule has 122 valence electrons. The lowest BCUT2D eigenvalue weighted by Gasteiger charge is -2.30. The van der Waals surface area contributed by atoms with Gasteiger partial charge in [0.2, 0.25) is 11.8 Å². The monoisotopic (exact) mass is 344 g/mol. The molecule has 0 spiro atoms. The molecule has 0 bridgehead atoms. The minimum Gasteiger partial charge on any atom is -0.355 e. The summed E-state index contributed by atoms with van der Waals surface area (Å²) >= 11 is 12.1. The van der Waals surface area contributed by atoms with Crippen LogP contribution in [0.2, 0.25) is 10.0 Å². The van der Waals surface area contributed by atoms with Crippen LogP contribution in [-0.4, -0.2) is 29.3 Å². The first-order valence-corrected chi connectivity index (χ1v) is 8.21. The fourth-order valence-corrected chi connectivity index (χ4v) is 2.72. The van der Waals surface area contributed by atoms with E-state index in [2.05, 4.69) is 5.32 Å². The van der Waals surface area contributed by atoms with Crippen LogP contribution in [-0.2, 0) is 16.1 Å². The van der Waals surface area contributed by atoms with Gasteiger partial charge in [0.1, 0.15) is 6.04 Å². The van der Waals surface area contributed by atoms with Gasteiger partial charge >= 0.3 is 0 Å². The molecule has 0 aromatic heterocycles. The third kappa shape index (κ3) is 4.89. The maximum atomic E-state index is 12.3. The Labute approximate surface area is 141 Å². The zero-order valence-electron chi connectivity index (χ0n) is 13.2. The molecule has 22 heavy (non-hydrogen) atoms. The maximum Gasteiger partial charge on any atom is 0.242 e. The molecule has 0 aliphatic carbocycles. The second kappa shape index (κ2) is 9.01. The van der Waals surface area contributed by atoms with Crippen molar-refractivity contribution < 1.29 is 9.59 Å². The van der Waals surface area contributed by atoms with Crippen molar-refractivity contribution in [3.05, 3.63) is 33.8 Å². The number of halogens is 2. The van der Waals surface area contributed by atoms with Crippen molar-refractivity contribution in [2.45, 2.75) is 46.2 Å². The quantitative estimate of drug-likeness (QED) is 0.820. The summed E-state index contributed by atoms with van der Waals surface area (Å²) in [7, 11) is 0. The molecule has 2 amide bonds. The van der Waals surface area contributed by atoms with Gasteiger partial charge in [-0.2, -0.15) is 0 Å². The smallest absolute Gasteiger partial charge is 0.242 e. The molecule has 0 saturated heterocycles. The van der Waals surface area contributed by atoms with Crippen molar-refractivity contribution in [2.24, 2.45) is 0 Å². The number of rotatable bonds is 7. The SMILES string of the molecule is CCNC(=O)[C@@H](CC)N(Cc1ccc(Cl)cc1Cl)C(=O)CC. The van der Waals surface area contributed by atoms with Crippen LogP contribution in [0.3, 0.4) is 0 Å². The second-order valence-electron chi connectivity index (χ2n) is 4.93. The molecule has 0 radical (unpaired) electrons. The first-order valence-electron chi connectivity index (χ1n) is 7.45. The molecule has 1 atom stereocenters. The van der Waals surface area contributed by atoms with Gasteiger partial charge in [-0.25, -0.2) is 0 Å². The molecule has 1 rings (SSSR count).